The second kappa shape index (κ2) is 11.2. The molecule has 35 heavy (non-hydrogen) atoms. The number of rotatable bonds is 9. The van der Waals surface area contributed by atoms with Crippen LogP contribution in [0.15, 0.2) is 77.7 Å². The fourth-order valence-electron chi connectivity index (χ4n) is 3.45. The quantitative estimate of drug-likeness (QED) is 0.352. The summed E-state index contributed by atoms with van der Waals surface area (Å²) in [4.78, 5) is 11.3. The molecule has 1 unspecified atom stereocenters. The minimum absolute atomic E-state index is 0.0294. The summed E-state index contributed by atoms with van der Waals surface area (Å²) in [6.45, 7) is 0. The van der Waals surface area contributed by atoms with E-state index in [0.29, 0.717) is 29.0 Å². The standard InChI is InChI=1S/C25H23ClF3NO4S/c1-34-23(31)4-2-3-17-5-7-18(8-6-17)24(19-9-11-20(12-10-19)25(27,28)29)30-35(32,33)22-15-13-21(26)14-16-22/h5-16,24,30H,2-4H2,1H3. The van der Waals surface area contributed by atoms with Crippen LogP contribution in [0.2, 0.25) is 5.02 Å². The molecule has 3 aromatic carbocycles. The number of nitrogens with one attached hydrogen (secondary N) is 1. The lowest BCUT2D eigenvalue weighted by Gasteiger charge is -2.21. The molecule has 10 heteroatoms. The lowest BCUT2D eigenvalue weighted by Crippen LogP contribution is -2.29. The maximum atomic E-state index is 13.0. The van der Waals surface area contributed by atoms with Crippen molar-refractivity contribution < 1.29 is 31.1 Å². The number of esters is 1. The number of ether oxygens (including phenoxy) is 1. The van der Waals surface area contributed by atoms with Crippen molar-refractivity contribution in [2.24, 2.45) is 0 Å². The monoisotopic (exact) mass is 525 g/mol. The van der Waals surface area contributed by atoms with Crippen molar-refractivity contribution in [3.63, 3.8) is 0 Å². The van der Waals surface area contributed by atoms with Gasteiger partial charge >= 0.3 is 12.1 Å². The van der Waals surface area contributed by atoms with Gasteiger partial charge in [-0.3, -0.25) is 4.79 Å². The van der Waals surface area contributed by atoms with Crippen LogP contribution in [0.25, 0.3) is 0 Å². The summed E-state index contributed by atoms with van der Waals surface area (Å²) in [5.74, 6) is -0.305. The maximum absolute atomic E-state index is 13.0. The van der Waals surface area contributed by atoms with E-state index in [0.717, 1.165) is 17.7 Å². The van der Waals surface area contributed by atoms with Crippen LogP contribution in [0.3, 0.4) is 0 Å². The summed E-state index contributed by atoms with van der Waals surface area (Å²) >= 11 is 5.85. The highest BCUT2D eigenvalue weighted by atomic mass is 35.5. The van der Waals surface area contributed by atoms with Gasteiger partial charge in [-0.1, -0.05) is 48.0 Å². The number of benzene rings is 3. The minimum Gasteiger partial charge on any atom is -0.469 e. The summed E-state index contributed by atoms with van der Waals surface area (Å²) in [5.41, 5.74) is 0.971. The minimum atomic E-state index is -4.51. The third-order valence-electron chi connectivity index (χ3n) is 5.36. The largest absolute Gasteiger partial charge is 0.469 e. The van der Waals surface area contributed by atoms with E-state index in [1.54, 1.807) is 24.3 Å². The molecule has 3 rings (SSSR count). The van der Waals surface area contributed by atoms with Crippen LogP contribution in [-0.2, 0) is 32.2 Å². The molecule has 0 saturated carbocycles. The number of halogens is 4. The van der Waals surface area contributed by atoms with Gasteiger partial charge in [-0.2, -0.15) is 17.9 Å². The first-order valence-corrected chi connectivity index (χ1v) is 12.5. The molecule has 0 heterocycles. The van der Waals surface area contributed by atoms with Crippen molar-refractivity contribution >= 4 is 27.6 Å². The van der Waals surface area contributed by atoms with Crippen LogP contribution >= 0.6 is 11.6 Å². The van der Waals surface area contributed by atoms with E-state index in [9.17, 15) is 26.4 Å². The number of aryl methyl sites for hydroxylation is 1. The number of carbonyl (C=O) groups excluding carboxylic acids is 1. The normalized spacial score (nSPS) is 12.8. The highest BCUT2D eigenvalue weighted by Crippen LogP contribution is 2.32. The van der Waals surface area contributed by atoms with Gasteiger partial charge < -0.3 is 4.74 Å². The van der Waals surface area contributed by atoms with Crippen molar-refractivity contribution in [1.29, 1.82) is 0 Å². The lowest BCUT2D eigenvalue weighted by atomic mass is 9.96. The first-order chi connectivity index (χ1) is 16.5. The molecule has 5 nitrogen and oxygen atoms in total. The molecule has 0 fully saturated rings. The van der Waals surface area contributed by atoms with E-state index in [1.165, 1.54) is 43.5 Å². The van der Waals surface area contributed by atoms with Crippen molar-refractivity contribution in [1.82, 2.24) is 4.72 Å². The maximum Gasteiger partial charge on any atom is 0.416 e. The van der Waals surface area contributed by atoms with Crippen LogP contribution in [0, 0.1) is 0 Å². The second-order valence-electron chi connectivity index (χ2n) is 7.80. The molecular weight excluding hydrogens is 503 g/mol. The molecule has 186 valence electrons. The molecular formula is C25H23ClF3NO4S. The average molecular weight is 526 g/mol. The predicted molar refractivity (Wildman–Crippen MR) is 126 cm³/mol. The van der Waals surface area contributed by atoms with E-state index in [1.807, 2.05) is 0 Å². The molecule has 0 aliphatic rings. The summed E-state index contributed by atoms with van der Waals surface area (Å²) in [7, 11) is -2.71. The van der Waals surface area contributed by atoms with Gasteiger partial charge in [0.05, 0.1) is 23.6 Å². The van der Waals surface area contributed by atoms with Gasteiger partial charge in [-0.15, -0.1) is 0 Å². The Hall–Kier alpha value is -2.88. The Balaban J connectivity index is 1.90. The zero-order valence-electron chi connectivity index (χ0n) is 18.7. The smallest absolute Gasteiger partial charge is 0.416 e. The number of alkyl halides is 3. The van der Waals surface area contributed by atoms with Gasteiger partial charge in [0, 0.05) is 11.4 Å². The molecule has 1 atom stereocenters. The van der Waals surface area contributed by atoms with E-state index in [-0.39, 0.29) is 17.3 Å². The molecule has 0 aliphatic carbocycles. The van der Waals surface area contributed by atoms with Crippen molar-refractivity contribution in [3.8, 4) is 0 Å². The van der Waals surface area contributed by atoms with E-state index in [2.05, 4.69) is 9.46 Å². The second-order valence-corrected chi connectivity index (χ2v) is 9.95. The van der Waals surface area contributed by atoms with Gasteiger partial charge in [-0.05, 0) is 65.9 Å². The average Bonchev–Trinajstić information content (AvgIpc) is 2.83. The van der Waals surface area contributed by atoms with E-state index >= 15 is 0 Å². The Bertz CT molecular complexity index is 1240. The molecule has 0 spiro atoms. The molecule has 0 bridgehead atoms. The Morgan fingerprint density at radius 2 is 1.49 bits per heavy atom. The molecule has 0 radical (unpaired) electrons. The van der Waals surface area contributed by atoms with Crippen molar-refractivity contribution in [3.05, 3.63) is 100 Å². The molecule has 0 saturated heterocycles. The van der Waals surface area contributed by atoms with Gasteiger partial charge in [0.2, 0.25) is 10.0 Å². The third-order valence-corrected chi connectivity index (χ3v) is 7.05. The fourth-order valence-corrected chi connectivity index (χ4v) is 4.78. The fraction of sp³-hybridized carbons (Fsp3) is 0.240. The van der Waals surface area contributed by atoms with Crippen LogP contribution in [-0.4, -0.2) is 21.5 Å². The Kier molecular flexibility index (Phi) is 8.58. The summed E-state index contributed by atoms with van der Waals surface area (Å²) in [6, 6.07) is 16.0. The summed E-state index contributed by atoms with van der Waals surface area (Å²) < 4.78 is 72.4. The van der Waals surface area contributed by atoms with Gasteiger partial charge in [0.15, 0.2) is 0 Å². The van der Waals surface area contributed by atoms with E-state index in [4.69, 9.17) is 11.6 Å². The number of sulfonamides is 1. The molecule has 0 aliphatic heterocycles. The first-order valence-electron chi connectivity index (χ1n) is 10.6. The van der Waals surface area contributed by atoms with Gasteiger partial charge in [0.1, 0.15) is 0 Å². The highest BCUT2D eigenvalue weighted by Gasteiger charge is 2.31. The number of hydrogen-bond donors (Lipinski definition) is 1. The summed E-state index contributed by atoms with van der Waals surface area (Å²) in [5, 5.41) is 0.367. The zero-order valence-corrected chi connectivity index (χ0v) is 20.3. The van der Waals surface area contributed by atoms with Crippen LogP contribution < -0.4 is 4.72 Å². The molecule has 0 amide bonds. The molecule has 0 aromatic heterocycles. The molecule has 3 aromatic rings. The Labute approximate surface area is 206 Å². The van der Waals surface area contributed by atoms with Crippen LogP contribution in [0.1, 0.15) is 41.1 Å². The molecule has 1 N–H and O–H groups in total. The van der Waals surface area contributed by atoms with Crippen LogP contribution in [0.5, 0.6) is 0 Å². The SMILES string of the molecule is COC(=O)CCCc1ccc(C(NS(=O)(=O)c2ccc(Cl)cc2)c2ccc(C(F)(F)F)cc2)cc1. The number of methoxy groups -OCH3 is 1. The van der Waals surface area contributed by atoms with Gasteiger partial charge in [-0.25, -0.2) is 8.42 Å². The first kappa shape index (κ1) is 26.7. The Morgan fingerprint density at radius 1 is 0.943 bits per heavy atom. The predicted octanol–water partition coefficient (Wildman–Crippen LogP) is 5.92. The lowest BCUT2D eigenvalue weighted by molar-refractivity contribution is -0.140. The van der Waals surface area contributed by atoms with Crippen LogP contribution in [0.4, 0.5) is 13.2 Å². The topological polar surface area (TPSA) is 72.5 Å². The summed E-state index contributed by atoms with van der Waals surface area (Å²) in [6.07, 6.45) is -3.05. The zero-order chi connectivity index (χ0) is 25.6. The highest BCUT2D eigenvalue weighted by molar-refractivity contribution is 7.89. The van der Waals surface area contributed by atoms with Gasteiger partial charge in [0.25, 0.3) is 0 Å². The number of hydrogen-bond acceptors (Lipinski definition) is 4. The van der Waals surface area contributed by atoms with E-state index < -0.39 is 27.8 Å². The van der Waals surface area contributed by atoms with Crippen molar-refractivity contribution in [2.45, 2.75) is 36.4 Å². The number of carbonyl (C=O) groups is 1. The third kappa shape index (κ3) is 7.30. The van der Waals surface area contributed by atoms with Crippen molar-refractivity contribution in [2.75, 3.05) is 7.11 Å². The Morgan fingerprint density at radius 3 is 2.00 bits per heavy atom.